The Balaban J connectivity index is 1.26. The molecule has 0 aromatic carbocycles. The summed E-state index contributed by atoms with van der Waals surface area (Å²) < 4.78 is 60.2. The maximum atomic E-state index is 13.3. The molecule has 5 aliphatic heterocycles. The molecule has 25 atom stereocenters. The second-order valence-electron chi connectivity index (χ2n) is 19.6. The molecule has 336 valence electrons. The van der Waals surface area contributed by atoms with Crippen LogP contribution in [-0.4, -0.2) is 97.8 Å². The van der Waals surface area contributed by atoms with E-state index in [0.717, 1.165) is 12.8 Å². The second-order valence-corrected chi connectivity index (χ2v) is 19.6. The zero-order valence-corrected chi connectivity index (χ0v) is 39.0. The van der Waals surface area contributed by atoms with Gasteiger partial charge in [-0.1, -0.05) is 96.9 Å². The summed E-state index contributed by atoms with van der Waals surface area (Å²) in [4.78, 5) is 26.5. The Hall–Kier alpha value is -1.02. The van der Waals surface area contributed by atoms with Crippen molar-refractivity contribution in [3.05, 3.63) is 0 Å². The normalized spacial score (nSPS) is 51.6. The number of ether oxygens (including phenoxy) is 9. The van der Waals surface area contributed by atoms with Crippen LogP contribution < -0.4 is 0 Å². The minimum atomic E-state index is -0.800. The molecule has 5 aliphatic rings. The largest absolute Gasteiger partial charge is 0.372 e. The summed E-state index contributed by atoms with van der Waals surface area (Å²) in [5, 5.41) is 0. The third-order valence-corrected chi connectivity index (χ3v) is 16.2. The molecular weight excluding hydrogens is 741 g/mol. The Bertz CT molecular complexity index is 1340. The monoisotopic (exact) mass is 823 g/mol. The van der Waals surface area contributed by atoms with Crippen LogP contribution in [0.3, 0.4) is 0 Å². The van der Waals surface area contributed by atoms with Gasteiger partial charge in [-0.25, -0.2) is 0 Å². The van der Waals surface area contributed by atoms with E-state index in [1.807, 2.05) is 0 Å². The first-order chi connectivity index (χ1) is 27.3. The van der Waals surface area contributed by atoms with Crippen molar-refractivity contribution in [2.24, 2.45) is 65.1 Å². The van der Waals surface area contributed by atoms with E-state index in [2.05, 4.69) is 104 Å². The van der Waals surface area contributed by atoms with Gasteiger partial charge in [0.25, 0.3) is 0 Å². The van der Waals surface area contributed by atoms with Crippen molar-refractivity contribution in [1.29, 1.82) is 0 Å². The SMILES string of the molecule is CCC1O[C@H](O[C@@H]2C(C(C)=O)O[C@@H](O[C@@H]3C(CC)O[C@H](O[C@@H]4C(C(C)=O)O[C@@H](O[C@@H]5C(CC)OC(C)C(C)[C@H]5C)C(C)[C@@H]4C)C(C)[C@H]3C)C(C)[C@H]2C)C(C)[C@@H](C)[C@@H]1C. The molecule has 0 radical (unpaired) electrons. The molecule has 58 heavy (non-hydrogen) atoms. The number of carbonyl (C=O) groups excluding carboxylic acids is 2. The maximum absolute atomic E-state index is 13.3. The first-order valence-electron chi connectivity index (χ1n) is 23.2. The lowest BCUT2D eigenvalue weighted by Gasteiger charge is -2.52. The first kappa shape index (κ1) is 48.0. The summed E-state index contributed by atoms with van der Waals surface area (Å²) in [6.45, 7) is 35.6. The number of carbonyl (C=O) groups is 2. The predicted octanol–water partition coefficient (Wildman–Crippen LogP) is 8.62. The molecule has 0 N–H and O–H groups in total. The van der Waals surface area contributed by atoms with Crippen LogP contribution in [0.4, 0.5) is 0 Å². The zero-order valence-electron chi connectivity index (χ0n) is 39.0. The molecule has 0 aliphatic carbocycles. The van der Waals surface area contributed by atoms with E-state index in [0.29, 0.717) is 24.2 Å². The van der Waals surface area contributed by atoms with Crippen molar-refractivity contribution in [3.8, 4) is 0 Å². The lowest BCUT2D eigenvalue weighted by atomic mass is 9.78. The molecule has 11 nitrogen and oxygen atoms in total. The smallest absolute Gasteiger partial charge is 0.162 e. The molecule has 11 unspecified atom stereocenters. The fraction of sp³-hybridized carbons (Fsp3) is 0.957. The van der Waals surface area contributed by atoms with Crippen LogP contribution in [0.25, 0.3) is 0 Å². The Morgan fingerprint density at radius 2 is 0.672 bits per heavy atom. The van der Waals surface area contributed by atoms with E-state index in [1.54, 1.807) is 13.8 Å². The second kappa shape index (κ2) is 20.0. The maximum Gasteiger partial charge on any atom is 0.162 e. The average molecular weight is 823 g/mol. The van der Waals surface area contributed by atoms with E-state index < -0.39 is 49.6 Å². The lowest BCUT2D eigenvalue weighted by molar-refractivity contribution is -0.357. The van der Waals surface area contributed by atoms with Crippen LogP contribution in [-0.2, 0) is 52.2 Å². The fourth-order valence-corrected chi connectivity index (χ4v) is 10.5. The van der Waals surface area contributed by atoms with Gasteiger partial charge in [0.1, 0.15) is 12.2 Å². The van der Waals surface area contributed by atoms with Crippen LogP contribution in [0.5, 0.6) is 0 Å². The Morgan fingerprint density at radius 3 is 1.07 bits per heavy atom. The number of hydrogen-bond acceptors (Lipinski definition) is 11. The van der Waals surface area contributed by atoms with Gasteiger partial charge < -0.3 is 42.6 Å². The quantitative estimate of drug-likeness (QED) is 0.178. The third kappa shape index (κ3) is 9.63. The van der Waals surface area contributed by atoms with Crippen molar-refractivity contribution in [2.45, 2.75) is 223 Å². The van der Waals surface area contributed by atoms with Gasteiger partial charge in [-0.3, -0.25) is 9.59 Å². The van der Waals surface area contributed by atoms with Crippen LogP contribution in [0.15, 0.2) is 0 Å². The van der Waals surface area contributed by atoms with Crippen LogP contribution in [0.2, 0.25) is 0 Å². The Morgan fingerprint density at radius 1 is 0.362 bits per heavy atom. The summed E-state index contributed by atoms with van der Waals surface area (Å²) in [6.07, 6.45) is -2.84. The van der Waals surface area contributed by atoms with Crippen molar-refractivity contribution in [1.82, 2.24) is 0 Å². The summed E-state index contributed by atoms with van der Waals surface area (Å²) in [6, 6.07) is 0. The molecule has 5 fully saturated rings. The Labute approximate surface area is 351 Å². The molecular formula is C47H82O11. The molecule has 0 amide bonds. The molecule has 0 saturated carbocycles. The van der Waals surface area contributed by atoms with Crippen LogP contribution in [0.1, 0.15) is 137 Å². The van der Waals surface area contributed by atoms with E-state index in [1.165, 1.54) is 0 Å². The summed E-state index contributed by atoms with van der Waals surface area (Å²) in [7, 11) is 0. The average Bonchev–Trinajstić information content (AvgIpc) is 3.19. The molecule has 0 spiro atoms. The van der Waals surface area contributed by atoms with Crippen LogP contribution in [0, 0.1) is 65.1 Å². The number of hydrogen-bond donors (Lipinski definition) is 0. The minimum absolute atomic E-state index is 0.0118. The van der Waals surface area contributed by atoms with Gasteiger partial charge in [0.15, 0.2) is 36.7 Å². The molecule has 0 aromatic rings. The minimum Gasteiger partial charge on any atom is -0.372 e. The number of ketones is 2. The van der Waals surface area contributed by atoms with Gasteiger partial charge in [0.05, 0.1) is 48.8 Å². The van der Waals surface area contributed by atoms with E-state index in [9.17, 15) is 9.59 Å². The lowest BCUT2D eigenvalue weighted by Crippen LogP contribution is -2.60. The highest BCUT2D eigenvalue weighted by Gasteiger charge is 2.53. The van der Waals surface area contributed by atoms with Gasteiger partial charge in [-0.05, 0) is 81.5 Å². The van der Waals surface area contributed by atoms with Gasteiger partial charge in [-0.15, -0.1) is 0 Å². The van der Waals surface area contributed by atoms with Gasteiger partial charge in [0.2, 0.25) is 0 Å². The predicted molar refractivity (Wildman–Crippen MR) is 222 cm³/mol. The standard InChI is InChI=1S/C47H82O11/c1-18-35-23(6)21(4)28(11)44(51-35)55-40-26(9)31(14)47(58-42(40)32(15)48)54-39-25(8)29(12)45(52-37(39)20-3)56-41-27(10)30(13)46(57-43(41)33(16)49)53-38-24(7)22(5)34(17)50-36(38)19-2/h21-31,34-47H,18-20H2,1-17H3/t21-,22?,23-,24+,25+,26+,27-,28?,29?,30?,31?,34?,35?,36?,37?,38-,39-,40-,41-,42?,43?,44+,45+,46+,47+/m0/s1. The molecule has 5 saturated heterocycles. The molecule has 0 bridgehead atoms. The highest BCUT2D eigenvalue weighted by Crippen LogP contribution is 2.45. The van der Waals surface area contributed by atoms with Gasteiger partial charge >= 0.3 is 0 Å². The molecule has 11 heteroatoms. The topological polar surface area (TPSA) is 117 Å². The van der Waals surface area contributed by atoms with Crippen molar-refractivity contribution in [2.75, 3.05) is 0 Å². The molecule has 5 heterocycles. The van der Waals surface area contributed by atoms with E-state index in [-0.39, 0.29) is 95.5 Å². The number of rotatable bonds is 13. The summed E-state index contributed by atoms with van der Waals surface area (Å²) in [5.74, 6) is 1.19. The highest BCUT2D eigenvalue weighted by molar-refractivity contribution is 5.81. The van der Waals surface area contributed by atoms with Gasteiger partial charge in [-0.2, -0.15) is 0 Å². The summed E-state index contributed by atoms with van der Waals surface area (Å²) in [5.41, 5.74) is 0. The Kier molecular flexibility index (Phi) is 16.6. The van der Waals surface area contributed by atoms with Crippen molar-refractivity contribution >= 4 is 11.6 Å². The number of Topliss-reactive ketones (excluding diaryl/α,β-unsaturated/α-hetero) is 2. The highest BCUT2D eigenvalue weighted by atomic mass is 16.7. The fourth-order valence-electron chi connectivity index (χ4n) is 10.5. The van der Waals surface area contributed by atoms with Crippen LogP contribution >= 0.6 is 0 Å². The van der Waals surface area contributed by atoms with Crippen molar-refractivity contribution in [3.63, 3.8) is 0 Å². The van der Waals surface area contributed by atoms with Gasteiger partial charge in [0, 0.05) is 23.7 Å². The first-order valence-corrected chi connectivity index (χ1v) is 23.2. The van der Waals surface area contributed by atoms with E-state index in [4.69, 9.17) is 42.6 Å². The molecule has 0 aromatic heterocycles. The zero-order chi connectivity index (χ0) is 43.1. The summed E-state index contributed by atoms with van der Waals surface area (Å²) >= 11 is 0. The molecule has 5 rings (SSSR count). The van der Waals surface area contributed by atoms with Crippen molar-refractivity contribution < 1.29 is 52.2 Å². The van der Waals surface area contributed by atoms with E-state index >= 15 is 0 Å². The third-order valence-electron chi connectivity index (χ3n) is 16.2.